The fourth-order valence-corrected chi connectivity index (χ4v) is 3.34. The first-order chi connectivity index (χ1) is 5.79. The van der Waals surface area contributed by atoms with E-state index in [2.05, 4.69) is 13.8 Å². The first-order valence-corrected chi connectivity index (χ1v) is 6.46. The quantitative estimate of drug-likeness (QED) is 0.574. The van der Waals surface area contributed by atoms with E-state index >= 15 is 0 Å². The van der Waals surface area contributed by atoms with Gasteiger partial charge in [0.1, 0.15) is 0 Å². The Morgan fingerprint density at radius 3 is 2.08 bits per heavy atom. The summed E-state index contributed by atoms with van der Waals surface area (Å²) in [5.74, 6) is 0. The van der Waals surface area contributed by atoms with E-state index in [0.717, 1.165) is 0 Å². The standard InChI is InChI=1S/C9H22O2Si/c1-5-7-8-9(6-2)12(10-3)11-4/h9,12H,5-8H2,1-4H3. The molecule has 0 aromatic rings. The maximum absolute atomic E-state index is 5.37. The molecule has 0 bridgehead atoms. The van der Waals surface area contributed by atoms with Crippen molar-refractivity contribution in [3.63, 3.8) is 0 Å². The summed E-state index contributed by atoms with van der Waals surface area (Å²) >= 11 is 0. The zero-order valence-electron chi connectivity index (χ0n) is 8.80. The highest BCUT2D eigenvalue weighted by Crippen LogP contribution is 2.22. The van der Waals surface area contributed by atoms with Crippen LogP contribution in [0.5, 0.6) is 0 Å². The molecule has 1 unspecified atom stereocenters. The van der Waals surface area contributed by atoms with E-state index < -0.39 is 9.28 Å². The van der Waals surface area contributed by atoms with E-state index in [0.29, 0.717) is 5.54 Å². The van der Waals surface area contributed by atoms with Crippen LogP contribution in [-0.2, 0) is 8.85 Å². The van der Waals surface area contributed by atoms with Gasteiger partial charge in [-0.2, -0.15) is 0 Å². The molecule has 0 radical (unpaired) electrons. The number of hydrogen-bond donors (Lipinski definition) is 0. The van der Waals surface area contributed by atoms with Crippen molar-refractivity contribution in [2.24, 2.45) is 0 Å². The summed E-state index contributed by atoms with van der Waals surface area (Å²) in [6.45, 7) is 4.45. The molecule has 2 nitrogen and oxygen atoms in total. The number of rotatable bonds is 7. The Kier molecular flexibility index (Phi) is 7.86. The van der Waals surface area contributed by atoms with Gasteiger partial charge >= 0.3 is 9.28 Å². The normalized spacial score (nSPS) is 13.8. The van der Waals surface area contributed by atoms with E-state index in [1.54, 1.807) is 14.2 Å². The Hall–Kier alpha value is 0.137. The van der Waals surface area contributed by atoms with E-state index in [1.807, 2.05) is 0 Å². The van der Waals surface area contributed by atoms with Gasteiger partial charge in [0.25, 0.3) is 0 Å². The fourth-order valence-electron chi connectivity index (χ4n) is 1.48. The molecule has 0 heterocycles. The van der Waals surface area contributed by atoms with Gasteiger partial charge in [-0.15, -0.1) is 0 Å². The Bertz CT molecular complexity index is 94.5. The molecular weight excluding hydrogens is 168 g/mol. The molecule has 3 heteroatoms. The van der Waals surface area contributed by atoms with Crippen molar-refractivity contribution in [1.82, 2.24) is 0 Å². The Balaban J connectivity index is 3.75. The third kappa shape index (κ3) is 4.23. The van der Waals surface area contributed by atoms with Gasteiger partial charge in [-0.25, -0.2) is 0 Å². The van der Waals surface area contributed by atoms with Gasteiger partial charge in [0.2, 0.25) is 0 Å². The highest BCUT2D eigenvalue weighted by atomic mass is 28.3. The van der Waals surface area contributed by atoms with E-state index in [-0.39, 0.29) is 0 Å². The minimum absolute atomic E-state index is 0.694. The second-order valence-electron chi connectivity index (χ2n) is 3.15. The van der Waals surface area contributed by atoms with Crippen LogP contribution in [0, 0.1) is 0 Å². The largest absolute Gasteiger partial charge is 0.400 e. The van der Waals surface area contributed by atoms with Gasteiger partial charge < -0.3 is 8.85 Å². The van der Waals surface area contributed by atoms with Crippen LogP contribution in [0.25, 0.3) is 0 Å². The molecule has 0 rings (SSSR count). The van der Waals surface area contributed by atoms with Gasteiger partial charge in [0, 0.05) is 14.2 Å². The second kappa shape index (κ2) is 7.77. The molecule has 74 valence electrons. The molecule has 0 saturated heterocycles. The summed E-state index contributed by atoms with van der Waals surface area (Å²) < 4.78 is 10.7. The molecule has 12 heavy (non-hydrogen) atoms. The van der Waals surface area contributed by atoms with Gasteiger partial charge in [-0.05, 0) is 12.0 Å². The topological polar surface area (TPSA) is 18.5 Å². The Morgan fingerprint density at radius 1 is 1.17 bits per heavy atom. The maximum Gasteiger partial charge on any atom is 0.324 e. The Morgan fingerprint density at radius 2 is 1.75 bits per heavy atom. The predicted octanol–water partition coefficient (Wildman–Crippen LogP) is 2.47. The van der Waals surface area contributed by atoms with Crippen LogP contribution >= 0.6 is 0 Å². The van der Waals surface area contributed by atoms with E-state index in [9.17, 15) is 0 Å². The van der Waals surface area contributed by atoms with E-state index in [1.165, 1.54) is 25.7 Å². The molecule has 0 N–H and O–H groups in total. The number of unbranched alkanes of at least 4 members (excludes halogenated alkanes) is 1. The monoisotopic (exact) mass is 190 g/mol. The van der Waals surface area contributed by atoms with Crippen LogP contribution in [0.15, 0.2) is 0 Å². The molecule has 0 aliphatic rings. The molecular formula is C9H22O2Si. The molecule has 0 spiro atoms. The second-order valence-corrected chi connectivity index (χ2v) is 5.77. The first-order valence-electron chi connectivity index (χ1n) is 4.85. The molecule has 0 aliphatic heterocycles. The molecule has 0 aromatic heterocycles. The predicted molar refractivity (Wildman–Crippen MR) is 54.7 cm³/mol. The average molecular weight is 190 g/mol. The third-order valence-corrected chi connectivity index (χ3v) is 4.81. The summed E-state index contributed by atoms with van der Waals surface area (Å²) in [5.41, 5.74) is 0.694. The summed E-state index contributed by atoms with van der Waals surface area (Å²) in [6.07, 6.45) is 5.03. The molecule has 0 fully saturated rings. The summed E-state index contributed by atoms with van der Waals surface area (Å²) in [4.78, 5) is 0. The van der Waals surface area contributed by atoms with Gasteiger partial charge in [-0.3, -0.25) is 0 Å². The zero-order chi connectivity index (χ0) is 9.40. The lowest BCUT2D eigenvalue weighted by Gasteiger charge is -2.20. The molecule has 0 aliphatic carbocycles. The minimum Gasteiger partial charge on any atom is -0.400 e. The van der Waals surface area contributed by atoms with Crippen molar-refractivity contribution < 1.29 is 8.85 Å². The Labute approximate surface area is 78.1 Å². The SMILES string of the molecule is CCCCC(CC)[SiH](OC)OC. The van der Waals surface area contributed by atoms with Crippen molar-refractivity contribution in [3.8, 4) is 0 Å². The van der Waals surface area contributed by atoms with Crippen molar-refractivity contribution >= 4 is 9.28 Å². The van der Waals surface area contributed by atoms with Gasteiger partial charge in [0.15, 0.2) is 0 Å². The van der Waals surface area contributed by atoms with Crippen LogP contribution in [0.2, 0.25) is 5.54 Å². The van der Waals surface area contributed by atoms with Crippen LogP contribution in [0.4, 0.5) is 0 Å². The lowest BCUT2D eigenvalue weighted by molar-refractivity contribution is 0.260. The highest BCUT2D eigenvalue weighted by Gasteiger charge is 2.21. The van der Waals surface area contributed by atoms with Crippen LogP contribution in [0.1, 0.15) is 39.5 Å². The third-order valence-electron chi connectivity index (χ3n) is 2.30. The minimum atomic E-state index is -1.34. The van der Waals surface area contributed by atoms with Gasteiger partial charge in [-0.1, -0.05) is 33.1 Å². The van der Waals surface area contributed by atoms with Crippen LogP contribution in [-0.4, -0.2) is 23.5 Å². The molecule has 0 aromatic carbocycles. The van der Waals surface area contributed by atoms with Gasteiger partial charge in [0.05, 0.1) is 0 Å². The fraction of sp³-hybridized carbons (Fsp3) is 1.00. The maximum atomic E-state index is 5.37. The molecule has 0 saturated carbocycles. The zero-order valence-corrected chi connectivity index (χ0v) is 9.95. The van der Waals surface area contributed by atoms with Crippen LogP contribution < -0.4 is 0 Å². The smallest absolute Gasteiger partial charge is 0.324 e. The van der Waals surface area contributed by atoms with Crippen LogP contribution in [0.3, 0.4) is 0 Å². The van der Waals surface area contributed by atoms with Crippen molar-refractivity contribution in [2.75, 3.05) is 14.2 Å². The first kappa shape index (κ1) is 12.1. The lowest BCUT2D eigenvalue weighted by Crippen LogP contribution is -2.25. The molecule has 1 atom stereocenters. The highest BCUT2D eigenvalue weighted by molar-refractivity contribution is 6.46. The van der Waals surface area contributed by atoms with E-state index in [4.69, 9.17) is 8.85 Å². The van der Waals surface area contributed by atoms with Crippen molar-refractivity contribution in [3.05, 3.63) is 0 Å². The summed E-state index contributed by atoms with van der Waals surface area (Å²) in [7, 11) is 2.21. The average Bonchev–Trinajstić information content (AvgIpc) is 2.12. The summed E-state index contributed by atoms with van der Waals surface area (Å²) in [5, 5.41) is 0. The molecule has 0 amide bonds. The van der Waals surface area contributed by atoms with Crippen molar-refractivity contribution in [2.45, 2.75) is 45.1 Å². The number of hydrogen-bond acceptors (Lipinski definition) is 2. The van der Waals surface area contributed by atoms with Crippen molar-refractivity contribution in [1.29, 1.82) is 0 Å². The summed E-state index contributed by atoms with van der Waals surface area (Å²) in [6, 6.07) is 0. The lowest BCUT2D eigenvalue weighted by atomic mass is 10.2.